The third kappa shape index (κ3) is 4.30. The van der Waals surface area contributed by atoms with Gasteiger partial charge in [0.05, 0.1) is 5.71 Å². The van der Waals surface area contributed by atoms with Crippen molar-refractivity contribution in [3.05, 3.63) is 54.1 Å². The molecule has 1 aliphatic heterocycles. The first-order valence-corrected chi connectivity index (χ1v) is 10.1. The van der Waals surface area contributed by atoms with Gasteiger partial charge in [-0.05, 0) is 17.2 Å². The molecule has 2 N–H and O–H groups in total. The fourth-order valence-corrected chi connectivity index (χ4v) is 3.88. The number of rotatable bonds is 6. The molecule has 2 unspecified atom stereocenters. The van der Waals surface area contributed by atoms with Gasteiger partial charge in [-0.1, -0.05) is 29.4 Å². The molecular weight excluding hydrogens is 373 g/mol. The quantitative estimate of drug-likeness (QED) is 0.805. The lowest BCUT2D eigenvalue weighted by molar-refractivity contribution is -0.118. The second kappa shape index (κ2) is 7.43. The van der Waals surface area contributed by atoms with Crippen LogP contribution in [-0.2, 0) is 19.5 Å². The van der Waals surface area contributed by atoms with Gasteiger partial charge in [0.25, 0.3) is 0 Å². The maximum Gasteiger partial charge on any atom is 0.235 e. The fraction of sp³-hybridized carbons (Fsp3) is 0.278. The van der Waals surface area contributed by atoms with E-state index in [1.165, 1.54) is 18.5 Å². The van der Waals surface area contributed by atoms with Gasteiger partial charge < -0.3 is 10.6 Å². The number of halogens is 1. The van der Waals surface area contributed by atoms with Crippen LogP contribution in [0.4, 0.5) is 4.39 Å². The SMILES string of the molecule is CS(=O)(=O)C(CC1CC(c2ccc(-c3cnccc3F)cc2)=NO1)C(N)=O. The smallest absolute Gasteiger partial charge is 0.235 e. The first kappa shape index (κ1) is 19.0. The summed E-state index contributed by atoms with van der Waals surface area (Å²) in [5.41, 5.74) is 7.63. The van der Waals surface area contributed by atoms with Crippen molar-refractivity contribution in [3.8, 4) is 11.1 Å². The van der Waals surface area contributed by atoms with E-state index in [2.05, 4.69) is 10.1 Å². The van der Waals surface area contributed by atoms with E-state index in [-0.39, 0.29) is 12.2 Å². The molecule has 9 heteroatoms. The second-order valence-corrected chi connectivity index (χ2v) is 8.59. The van der Waals surface area contributed by atoms with Crippen LogP contribution in [0.15, 0.2) is 47.9 Å². The van der Waals surface area contributed by atoms with Gasteiger partial charge >= 0.3 is 0 Å². The highest BCUT2D eigenvalue weighted by atomic mass is 32.2. The molecule has 1 aromatic heterocycles. The van der Waals surface area contributed by atoms with Crippen molar-refractivity contribution in [1.82, 2.24) is 4.98 Å². The maximum absolute atomic E-state index is 13.8. The molecule has 0 spiro atoms. The third-order valence-corrected chi connectivity index (χ3v) is 5.80. The number of pyridine rings is 1. The highest BCUT2D eigenvalue weighted by Gasteiger charge is 2.33. The lowest BCUT2D eigenvalue weighted by Gasteiger charge is -2.14. The molecule has 0 fully saturated rings. The molecule has 7 nitrogen and oxygen atoms in total. The molecule has 1 aromatic carbocycles. The van der Waals surface area contributed by atoms with Crippen molar-refractivity contribution in [3.63, 3.8) is 0 Å². The number of sulfone groups is 1. The number of amides is 1. The second-order valence-electron chi connectivity index (χ2n) is 6.36. The fourth-order valence-electron chi connectivity index (χ4n) is 2.90. The molecule has 1 aliphatic rings. The first-order chi connectivity index (χ1) is 12.8. The highest BCUT2D eigenvalue weighted by molar-refractivity contribution is 7.92. The molecular formula is C18H18FN3O4S. The minimum atomic E-state index is -3.62. The number of nitrogens with zero attached hydrogens (tertiary/aromatic N) is 2. The number of nitrogens with two attached hydrogens (primary N) is 1. The van der Waals surface area contributed by atoms with Gasteiger partial charge in [-0.3, -0.25) is 9.78 Å². The topological polar surface area (TPSA) is 112 Å². The normalized spacial score (nSPS) is 17.9. The van der Waals surface area contributed by atoms with Crippen molar-refractivity contribution in [2.75, 3.05) is 6.26 Å². The van der Waals surface area contributed by atoms with Gasteiger partial charge in [0.15, 0.2) is 9.84 Å². The summed E-state index contributed by atoms with van der Waals surface area (Å²) in [7, 11) is -3.62. The predicted molar refractivity (Wildman–Crippen MR) is 98.1 cm³/mol. The van der Waals surface area contributed by atoms with E-state index in [9.17, 15) is 17.6 Å². The summed E-state index contributed by atoms with van der Waals surface area (Å²) in [5, 5.41) is 2.67. The molecule has 0 saturated carbocycles. The molecule has 0 saturated heterocycles. The zero-order chi connectivity index (χ0) is 19.6. The van der Waals surface area contributed by atoms with Crippen LogP contribution in [0, 0.1) is 5.82 Å². The predicted octanol–water partition coefficient (Wildman–Crippen LogP) is 1.67. The molecule has 1 amide bonds. The van der Waals surface area contributed by atoms with Crippen molar-refractivity contribution < 1.29 is 22.4 Å². The third-order valence-electron chi connectivity index (χ3n) is 4.34. The van der Waals surface area contributed by atoms with Gasteiger partial charge in [0.2, 0.25) is 5.91 Å². The molecule has 142 valence electrons. The van der Waals surface area contributed by atoms with Crippen LogP contribution in [0.25, 0.3) is 11.1 Å². The largest absolute Gasteiger partial charge is 0.392 e. The van der Waals surface area contributed by atoms with E-state index in [4.69, 9.17) is 10.6 Å². The lowest BCUT2D eigenvalue weighted by atomic mass is 9.99. The standard InChI is InChI=1S/C18H18FN3O4S/c1-27(24,25)17(18(20)23)9-13-8-16(22-26-13)12-4-2-11(3-5-12)14-10-21-7-6-15(14)19/h2-7,10,13,17H,8-9H2,1H3,(H2,20,23). The highest BCUT2D eigenvalue weighted by Crippen LogP contribution is 2.25. The molecule has 2 heterocycles. The van der Waals surface area contributed by atoms with Gasteiger partial charge in [-0.25, -0.2) is 12.8 Å². The van der Waals surface area contributed by atoms with Crippen LogP contribution in [0.3, 0.4) is 0 Å². The number of primary amides is 1. The Bertz CT molecular complexity index is 990. The zero-order valence-electron chi connectivity index (χ0n) is 14.5. The van der Waals surface area contributed by atoms with E-state index >= 15 is 0 Å². The van der Waals surface area contributed by atoms with Crippen molar-refractivity contribution in [1.29, 1.82) is 0 Å². The average molecular weight is 391 g/mol. The Hall–Kier alpha value is -2.81. The number of carbonyl (C=O) groups excluding carboxylic acids is 1. The Morgan fingerprint density at radius 2 is 1.96 bits per heavy atom. The summed E-state index contributed by atoms with van der Waals surface area (Å²) in [6.45, 7) is 0. The van der Waals surface area contributed by atoms with Gasteiger partial charge in [0, 0.05) is 37.1 Å². The number of aromatic nitrogens is 1. The zero-order valence-corrected chi connectivity index (χ0v) is 15.3. The molecule has 3 rings (SSSR count). The van der Waals surface area contributed by atoms with E-state index in [0.29, 0.717) is 23.3 Å². The van der Waals surface area contributed by atoms with Crippen LogP contribution in [0.2, 0.25) is 0 Å². The number of oxime groups is 1. The summed E-state index contributed by atoms with van der Waals surface area (Å²) in [6, 6.07) is 8.32. The summed E-state index contributed by atoms with van der Waals surface area (Å²) in [5.74, 6) is -1.27. The van der Waals surface area contributed by atoms with Crippen LogP contribution in [-0.4, -0.2) is 42.6 Å². The van der Waals surface area contributed by atoms with E-state index in [1.54, 1.807) is 24.3 Å². The Labute approximate surface area is 156 Å². The average Bonchev–Trinajstić information content (AvgIpc) is 3.08. The molecule has 2 atom stereocenters. The summed E-state index contributed by atoms with van der Waals surface area (Å²) in [4.78, 5) is 20.6. The molecule has 0 aliphatic carbocycles. The van der Waals surface area contributed by atoms with Gasteiger partial charge in [0.1, 0.15) is 17.2 Å². The maximum atomic E-state index is 13.8. The van der Waals surface area contributed by atoms with Crippen LogP contribution in [0.1, 0.15) is 18.4 Å². The van der Waals surface area contributed by atoms with Gasteiger partial charge in [-0.2, -0.15) is 0 Å². The summed E-state index contributed by atoms with van der Waals surface area (Å²) in [6.07, 6.45) is 3.54. The van der Waals surface area contributed by atoms with Crippen molar-refractivity contribution in [2.45, 2.75) is 24.2 Å². The van der Waals surface area contributed by atoms with Crippen LogP contribution < -0.4 is 5.73 Å². The Balaban J connectivity index is 1.70. The van der Waals surface area contributed by atoms with E-state index < -0.39 is 27.1 Å². The Kier molecular flexibility index (Phi) is 5.22. The molecule has 0 bridgehead atoms. The number of carbonyl (C=O) groups is 1. The van der Waals surface area contributed by atoms with E-state index in [1.807, 2.05) is 0 Å². The number of hydrogen-bond donors (Lipinski definition) is 1. The van der Waals surface area contributed by atoms with Crippen molar-refractivity contribution >= 4 is 21.5 Å². The monoisotopic (exact) mass is 391 g/mol. The number of benzene rings is 1. The van der Waals surface area contributed by atoms with Crippen LogP contribution in [0.5, 0.6) is 0 Å². The van der Waals surface area contributed by atoms with Gasteiger partial charge in [-0.15, -0.1) is 0 Å². The first-order valence-electron chi connectivity index (χ1n) is 8.17. The van der Waals surface area contributed by atoms with Crippen LogP contribution >= 0.6 is 0 Å². The molecule has 0 radical (unpaired) electrons. The minimum Gasteiger partial charge on any atom is -0.392 e. The summed E-state index contributed by atoms with van der Waals surface area (Å²) >= 11 is 0. The Morgan fingerprint density at radius 1 is 1.30 bits per heavy atom. The summed E-state index contributed by atoms with van der Waals surface area (Å²) < 4.78 is 37.2. The van der Waals surface area contributed by atoms with Crippen molar-refractivity contribution in [2.24, 2.45) is 10.9 Å². The van der Waals surface area contributed by atoms with E-state index in [0.717, 1.165) is 11.8 Å². The lowest BCUT2D eigenvalue weighted by Crippen LogP contribution is -2.38. The number of hydrogen-bond acceptors (Lipinski definition) is 6. The molecule has 2 aromatic rings. The minimum absolute atomic E-state index is 0.0554. The molecule has 27 heavy (non-hydrogen) atoms. The Morgan fingerprint density at radius 3 is 2.56 bits per heavy atom.